The van der Waals surface area contributed by atoms with Crippen molar-refractivity contribution >= 4 is 5.91 Å². The lowest BCUT2D eigenvalue weighted by atomic mass is 10.1. The molecule has 0 radical (unpaired) electrons. The zero-order valence-electron chi connectivity index (χ0n) is 13.1. The molecule has 1 unspecified atom stereocenters. The predicted molar refractivity (Wildman–Crippen MR) is 81.2 cm³/mol. The predicted octanol–water partition coefficient (Wildman–Crippen LogP) is 3.19. The summed E-state index contributed by atoms with van der Waals surface area (Å²) in [6.45, 7) is 9.41. The van der Waals surface area contributed by atoms with Gasteiger partial charge in [-0.1, -0.05) is 39.5 Å². The lowest BCUT2D eigenvalue weighted by Crippen LogP contribution is -2.45. The summed E-state index contributed by atoms with van der Waals surface area (Å²) in [5, 5.41) is 3.38. The number of likely N-dealkylation sites (tertiary alicyclic amines) is 1. The molecular weight excluding hydrogens is 236 g/mol. The molecule has 1 heterocycles. The van der Waals surface area contributed by atoms with Crippen molar-refractivity contribution in [2.45, 2.75) is 71.8 Å². The van der Waals surface area contributed by atoms with Crippen LogP contribution in [0.5, 0.6) is 0 Å². The number of carbonyl (C=O) groups excluding carboxylic acids is 1. The molecule has 1 aliphatic rings. The van der Waals surface area contributed by atoms with Crippen molar-refractivity contribution in [1.29, 1.82) is 0 Å². The third-order valence-corrected chi connectivity index (χ3v) is 3.95. The van der Waals surface area contributed by atoms with Gasteiger partial charge in [-0.2, -0.15) is 0 Å². The van der Waals surface area contributed by atoms with Crippen LogP contribution in [0.3, 0.4) is 0 Å². The fraction of sp³-hybridized carbons (Fsp3) is 0.938. The van der Waals surface area contributed by atoms with Crippen molar-refractivity contribution in [2.75, 3.05) is 19.6 Å². The fourth-order valence-electron chi connectivity index (χ4n) is 2.65. The van der Waals surface area contributed by atoms with E-state index < -0.39 is 0 Å². The highest BCUT2D eigenvalue weighted by Crippen LogP contribution is 2.11. The van der Waals surface area contributed by atoms with Crippen molar-refractivity contribution < 1.29 is 4.79 Å². The number of amides is 1. The smallest absolute Gasteiger partial charge is 0.239 e. The molecule has 1 fully saturated rings. The normalized spacial score (nSPS) is 18.4. The number of carbonyl (C=O) groups is 1. The summed E-state index contributed by atoms with van der Waals surface area (Å²) in [7, 11) is 0. The molecule has 0 spiro atoms. The number of unbranched alkanes of at least 4 members (excludes halogenated alkanes) is 1. The van der Waals surface area contributed by atoms with Crippen LogP contribution >= 0.6 is 0 Å². The Balaban J connectivity index is 2.16. The van der Waals surface area contributed by atoms with Crippen LogP contribution in [0.4, 0.5) is 0 Å². The van der Waals surface area contributed by atoms with Gasteiger partial charge in [-0.15, -0.1) is 0 Å². The number of nitrogens with one attached hydrogen (secondary N) is 1. The maximum Gasteiger partial charge on any atom is 0.239 e. The molecule has 3 nitrogen and oxygen atoms in total. The van der Waals surface area contributed by atoms with Gasteiger partial charge in [0.2, 0.25) is 5.91 Å². The first-order chi connectivity index (χ1) is 9.11. The zero-order valence-corrected chi connectivity index (χ0v) is 13.1. The van der Waals surface area contributed by atoms with Gasteiger partial charge in [0.1, 0.15) is 0 Å². The Labute approximate surface area is 119 Å². The minimum Gasteiger partial charge on any atom is -0.341 e. The Morgan fingerprint density at radius 1 is 1.05 bits per heavy atom. The maximum atomic E-state index is 12.3. The van der Waals surface area contributed by atoms with Crippen LogP contribution < -0.4 is 5.32 Å². The summed E-state index contributed by atoms with van der Waals surface area (Å²) in [5.74, 6) is 1.09. The summed E-state index contributed by atoms with van der Waals surface area (Å²) in [6, 6.07) is -0.0165. The molecule has 1 N–H and O–H groups in total. The minimum atomic E-state index is -0.0165. The highest BCUT2D eigenvalue weighted by Gasteiger charge is 2.20. The molecule has 0 aromatic carbocycles. The van der Waals surface area contributed by atoms with E-state index in [0.29, 0.717) is 5.91 Å². The van der Waals surface area contributed by atoms with E-state index in [-0.39, 0.29) is 6.04 Å². The first-order valence-electron chi connectivity index (χ1n) is 8.13. The highest BCUT2D eigenvalue weighted by atomic mass is 16.2. The Morgan fingerprint density at radius 3 is 2.26 bits per heavy atom. The second-order valence-electron chi connectivity index (χ2n) is 6.30. The number of nitrogens with zero attached hydrogens (tertiary/aromatic N) is 1. The van der Waals surface area contributed by atoms with E-state index in [1.54, 1.807) is 0 Å². The molecule has 3 heteroatoms. The number of hydrogen-bond acceptors (Lipinski definition) is 2. The monoisotopic (exact) mass is 268 g/mol. The van der Waals surface area contributed by atoms with Gasteiger partial charge in [-0.25, -0.2) is 0 Å². The standard InChI is InChI=1S/C16H32N2O/c1-14(2)10-6-7-11-17-15(3)16(19)18-12-8-4-5-9-13-18/h14-15,17H,4-13H2,1-3H3. The average molecular weight is 268 g/mol. The lowest BCUT2D eigenvalue weighted by Gasteiger charge is -2.24. The number of hydrogen-bond donors (Lipinski definition) is 1. The Morgan fingerprint density at radius 2 is 1.68 bits per heavy atom. The van der Waals surface area contributed by atoms with E-state index in [4.69, 9.17) is 0 Å². The lowest BCUT2D eigenvalue weighted by molar-refractivity contribution is -0.133. The van der Waals surface area contributed by atoms with Crippen molar-refractivity contribution in [3.8, 4) is 0 Å². The molecule has 1 aliphatic heterocycles. The van der Waals surface area contributed by atoms with Crippen LogP contribution in [0, 0.1) is 5.92 Å². The third-order valence-electron chi connectivity index (χ3n) is 3.95. The Hall–Kier alpha value is -0.570. The summed E-state index contributed by atoms with van der Waals surface area (Å²) in [6.07, 6.45) is 8.63. The third kappa shape index (κ3) is 6.95. The van der Waals surface area contributed by atoms with Crippen LogP contribution in [0.1, 0.15) is 65.7 Å². The molecular formula is C16H32N2O. The molecule has 1 amide bonds. The van der Waals surface area contributed by atoms with E-state index in [1.807, 2.05) is 6.92 Å². The van der Waals surface area contributed by atoms with Gasteiger partial charge >= 0.3 is 0 Å². The molecule has 1 rings (SSSR count). The molecule has 19 heavy (non-hydrogen) atoms. The molecule has 1 saturated heterocycles. The van der Waals surface area contributed by atoms with E-state index in [9.17, 15) is 4.79 Å². The molecule has 1 atom stereocenters. The van der Waals surface area contributed by atoms with Crippen molar-refractivity contribution in [2.24, 2.45) is 5.92 Å². The topological polar surface area (TPSA) is 32.3 Å². The van der Waals surface area contributed by atoms with Gasteiger partial charge in [-0.05, 0) is 38.6 Å². The second kappa shape index (κ2) is 9.35. The van der Waals surface area contributed by atoms with Gasteiger partial charge in [-0.3, -0.25) is 4.79 Å². The summed E-state index contributed by atoms with van der Waals surface area (Å²) >= 11 is 0. The summed E-state index contributed by atoms with van der Waals surface area (Å²) < 4.78 is 0. The Kier molecular flexibility index (Phi) is 8.11. The highest BCUT2D eigenvalue weighted by molar-refractivity contribution is 5.81. The van der Waals surface area contributed by atoms with Crippen molar-refractivity contribution in [1.82, 2.24) is 10.2 Å². The second-order valence-corrected chi connectivity index (χ2v) is 6.30. The molecule has 0 aromatic heterocycles. The Bertz CT molecular complexity index is 245. The van der Waals surface area contributed by atoms with Crippen molar-refractivity contribution in [3.63, 3.8) is 0 Å². The van der Waals surface area contributed by atoms with Gasteiger partial charge < -0.3 is 10.2 Å². The summed E-state index contributed by atoms with van der Waals surface area (Å²) in [5.41, 5.74) is 0. The van der Waals surface area contributed by atoms with Crippen LogP contribution in [-0.4, -0.2) is 36.5 Å². The van der Waals surface area contributed by atoms with Crippen LogP contribution in [0.15, 0.2) is 0 Å². The maximum absolute atomic E-state index is 12.3. The summed E-state index contributed by atoms with van der Waals surface area (Å²) in [4.78, 5) is 14.3. The first-order valence-corrected chi connectivity index (χ1v) is 8.13. The molecule has 0 aromatic rings. The zero-order chi connectivity index (χ0) is 14.1. The first kappa shape index (κ1) is 16.5. The van der Waals surface area contributed by atoms with Crippen LogP contribution in [0.25, 0.3) is 0 Å². The average Bonchev–Trinajstić information content (AvgIpc) is 2.65. The van der Waals surface area contributed by atoms with Crippen LogP contribution in [0.2, 0.25) is 0 Å². The largest absolute Gasteiger partial charge is 0.341 e. The minimum absolute atomic E-state index is 0.0165. The quantitative estimate of drug-likeness (QED) is 0.719. The van der Waals surface area contributed by atoms with E-state index >= 15 is 0 Å². The number of rotatable bonds is 7. The van der Waals surface area contributed by atoms with Crippen molar-refractivity contribution in [3.05, 3.63) is 0 Å². The molecule has 0 saturated carbocycles. The van der Waals surface area contributed by atoms with Gasteiger partial charge in [0.25, 0.3) is 0 Å². The van der Waals surface area contributed by atoms with E-state index in [2.05, 4.69) is 24.1 Å². The van der Waals surface area contributed by atoms with Gasteiger partial charge in [0.15, 0.2) is 0 Å². The molecule has 112 valence electrons. The van der Waals surface area contributed by atoms with Gasteiger partial charge in [0, 0.05) is 13.1 Å². The molecule has 0 aliphatic carbocycles. The fourth-order valence-corrected chi connectivity index (χ4v) is 2.65. The van der Waals surface area contributed by atoms with E-state index in [0.717, 1.165) is 25.6 Å². The SMILES string of the molecule is CC(C)CCCCNC(C)C(=O)N1CCCCCC1. The van der Waals surface area contributed by atoms with Crippen LogP contribution in [-0.2, 0) is 4.79 Å². The van der Waals surface area contributed by atoms with Gasteiger partial charge in [0.05, 0.1) is 6.04 Å². The molecule has 0 bridgehead atoms. The van der Waals surface area contributed by atoms with E-state index in [1.165, 1.54) is 44.9 Å².